The van der Waals surface area contributed by atoms with Crippen LogP contribution >= 0.6 is 0 Å². The number of methoxy groups -OCH3 is 1. The van der Waals surface area contributed by atoms with Crippen LogP contribution in [0.15, 0.2) is 36.4 Å². The van der Waals surface area contributed by atoms with Gasteiger partial charge in [-0.15, -0.1) is 0 Å². The molecule has 0 radical (unpaired) electrons. The zero-order chi connectivity index (χ0) is 17.5. The first kappa shape index (κ1) is 17.9. The Labute approximate surface area is 143 Å². The van der Waals surface area contributed by atoms with Crippen molar-refractivity contribution in [1.82, 2.24) is 5.32 Å². The van der Waals surface area contributed by atoms with E-state index in [9.17, 15) is 4.79 Å². The number of carbonyl (C=O) groups is 1. The third-order valence-corrected chi connectivity index (χ3v) is 4.06. The Hall–Kier alpha value is -2.49. The first-order valence-electron chi connectivity index (χ1n) is 8.10. The summed E-state index contributed by atoms with van der Waals surface area (Å²) in [6.45, 7) is 7.01. The van der Waals surface area contributed by atoms with Crippen molar-refractivity contribution in [2.45, 2.75) is 27.2 Å². The lowest BCUT2D eigenvalue weighted by Crippen LogP contribution is -2.29. The molecule has 0 fully saturated rings. The number of hydrogen-bond acceptors (Lipinski definition) is 3. The SMILES string of the molecule is COc1ccc(CC(=O)NCCOc2cccc(C)c2C)cc1C. The highest BCUT2D eigenvalue weighted by atomic mass is 16.5. The molecule has 128 valence electrons. The zero-order valence-corrected chi connectivity index (χ0v) is 14.8. The molecule has 4 nitrogen and oxygen atoms in total. The Kier molecular flexibility index (Phi) is 6.24. The lowest BCUT2D eigenvalue weighted by Gasteiger charge is -2.12. The molecule has 0 aliphatic rings. The molecular weight excluding hydrogens is 302 g/mol. The molecule has 0 unspecified atom stereocenters. The quantitative estimate of drug-likeness (QED) is 0.793. The molecule has 2 aromatic rings. The van der Waals surface area contributed by atoms with Gasteiger partial charge >= 0.3 is 0 Å². The fourth-order valence-electron chi connectivity index (χ4n) is 2.53. The van der Waals surface area contributed by atoms with E-state index in [1.54, 1.807) is 7.11 Å². The maximum absolute atomic E-state index is 12.0. The highest BCUT2D eigenvalue weighted by Gasteiger charge is 2.06. The Morgan fingerprint density at radius 3 is 2.54 bits per heavy atom. The van der Waals surface area contributed by atoms with Crippen LogP contribution in [0.1, 0.15) is 22.3 Å². The van der Waals surface area contributed by atoms with E-state index in [2.05, 4.69) is 18.3 Å². The van der Waals surface area contributed by atoms with Gasteiger partial charge in [0.15, 0.2) is 0 Å². The van der Waals surface area contributed by atoms with Gasteiger partial charge in [0, 0.05) is 0 Å². The molecule has 0 saturated heterocycles. The fraction of sp³-hybridized carbons (Fsp3) is 0.350. The number of rotatable bonds is 7. The van der Waals surface area contributed by atoms with E-state index in [1.165, 1.54) is 5.56 Å². The number of nitrogens with one attached hydrogen (secondary N) is 1. The van der Waals surface area contributed by atoms with Crippen LogP contribution in [0.5, 0.6) is 11.5 Å². The van der Waals surface area contributed by atoms with Crippen LogP contribution in [0.25, 0.3) is 0 Å². The van der Waals surface area contributed by atoms with Crippen LogP contribution < -0.4 is 14.8 Å². The van der Waals surface area contributed by atoms with Crippen LogP contribution in [0.3, 0.4) is 0 Å². The molecular formula is C20H25NO3. The summed E-state index contributed by atoms with van der Waals surface area (Å²) in [5, 5.41) is 2.89. The van der Waals surface area contributed by atoms with Crippen molar-refractivity contribution in [2.75, 3.05) is 20.3 Å². The molecule has 0 heterocycles. The fourth-order valence-corrected chi connectivity index (χ4v) is 2.53. The standard InChI is InChI=1S/C20H25NO3/c1-14-6-5-7-19(16(14)3)24-11-10-21-20(22)13-17-8-9-18(23-4)15(2)12-17/h5-9,12H,10-11,13H2,1-4H3,(H,21,22). The van der Waals surface area contributed by atoms with Gasteiger partial charge in [-0.2, -0.15) is 0 Å². The van der Waals surface area contributed by atoms with Crippen LogP contribution in [0.4, 0.5) is 0 Å². The first-order valence-corrected chi connectivity index (χ1v) is 8.10. The first-order chi connectivity index (χ1) is 11.5. The van der Waals surface area contributed by atoms with Crippen molar-refractivity contribution >= 4 is 5.91 Å². The summed E-state index contributed by atoms with van der Waals surface area (Å²) in [4.78, 5) is 12.0. The smallest absolute Gasteiger partial charge is 0.224 e. The summed E-state index contributed by atoms with van der Waals surface area (Å²) in [5.41, 5.74) is 4.34. The molecule has 0 aliphatic heterocycles. The second-order valence-corrected chi connectivity index (χ2v) is 5.88. The highest BCUT2D eigenvalue weighted by molar-refractivity contribution is 5.78. The van der Waals surface area contributed by atoms with Gasteiger partial charge in [-0.1, -0.05) is 24.3 Å². The molecule has 0 saturated carbocycles. The number of ether oxygens (including phenoxy) is 2. The minimum Gasteiger partial charge on any atom is -0.496 e. The largest absolute Gasteiger partial charge is 0.496 e. The van der Waals surface area contributed by atoms with Crippen molar-refractivity contribution in [3.05, 3.63) is 58.7 Å². The van der Waals surface area contributed by atoms with E-state index in [1.807, 2.05) is 44.2 Å². The zero-order valence-electron chi connectivity index (χ0n) is 14.8. The van der Waals surface area contributed by atoms with Crippen molar-refractivity contribution in [1.29, 1.82) is 0 Å². The molecule has 0 aromatic heterocycles. The molecule has 4 heteroatoms. The van der Waals surface area contributed by atoms with Gasteiger partial charge in [0.1, 0.15) is 18.1 Å². The summed E-state index contributed by atoms with van der Waals surface area (Å²) < 4.78 is 11.0. The molecule has 0 aliphatic carbocycles. The average molecular weight is 327 g/mol. The van der Waals surface area contributed by atoms with E-state index in [4.69, 9.17) is 9.47 Å². The van der Waals surface area contributed by atoms with Crippen molar-refractivity contribution < 1.29 is 14.3 Å². The van der Waals surface area contributed by atoms with E-state index in [0.29, 0.717) is 19.6 Å². The Morgan fingerprint density at radius 2 is 1.83 bits per heavy atom. The molecule has 0 bridgehead atoms. The molecule has 1 amide bonds. The Morgan fingerprint density at radius 1 is 1.04 bits per heavy atom. The van der Waals surface area contributed by atoms with Crippen molar-refractivity contribution in [3.63, 3.8) is 0 Å². The van der Waals surface area contributed by atoms with Crippen LogP contribution in [-0.4, -0.2) is 26.2 Å². The molecule has 1 N–H and O–H groups in total. The molecule has 0 spiro atoms. The van der Waals surface area contributed by atoms with Gasteiger partial charge < -0.3 is 14.8 Å². The second kappa shape index (κ2) is 8.39. The summed E-state index contributed by atoms with van der Waals surface area (Å²) in [7, 11) is 1.64. The van der Waals surface area contributed by atoms with Gasteiger partial charge in [-0.25, -0.2) is 0 Å². The van der Waals surface area contributed by atoms with Crippen molar-refractivity contribution in [3.8, 4) is 11.5 Å². The van der Waals surface area contributed by atoms with Gasteiger partial charge in [-0.3, -0.25) is 4.79 Å². The second-order valence-electron chi connectivity index (χ2n) is 5.88. The number of hydrogen-bond donors (Lipinski definition) is 1. The van der Waals surface area contributed by atoms with Crippen molar-refractivity contribution in [2.24, 2.45) is 0 Å². The summed E-state index contributed by atoms with van der Waals surface area (Å²) in [5.74, 6) is 1.69. The number of amides is 1. The van der Waals surface area contributed by atoms with E-state index in [-0.39, 0.29) is 5.91 Å². The molecule has 24 heavy (non-hydrogen) atoms. The lowest BCUT2D eigenvalue weighted by molar-refractivity contribution is -0.120. The third-order valence-electron chi connectivity index (χ3n) is 4.06. The minimum absolute atomic E-state index is 0.0101. The maximum atomic E-state index is 12.0. The van der Waals surface area contributed by atoms with Crippen LogP contribution in [-0.2, 0) is 11.2 Å². The van der Waals surface area contributed by atoms with E-state index < -0.39 is 0 Å². The Bertz CT molecular complexity index is 710. The average Bonchev–Trinajstić information content (AvgIpc) is 2.55. The summed E-state index contributed by atoms with van der Waals surface area (Å²) in [6, 6.07) is 11.8. The maximum Gasteiger partial charge on any atom is 0.224 e. The predicted molar refractivity (Wildman–Crippen MR) is 95.9 cm³/mol. The number of aryl methyl sites for hydroxylation is 2. The van der Waals surface area contributed by atoms with Crippen LogP contribution in [0, 0.1) is 20.8 Å². The summed E-state index contributed by atoms with van der Waals surface area (Å²) >= 11 is 0. The van der Waals surface area contributed by atoms with Gasteiger partial charge in [0.25, 0.3) is 0 Å². The summed E-state index contributed by atoms with van der Waals surface area (Å²) in [6.07, 6.45) is 0.355. The lowest BCUT2D eigenvalue weighted by atomic mass is 10.1. The minimum atomic E-state index is -0.0101. The van der Waals surface area contributed by atoms with Gasteiger partial charge in [0.2, 0.25) is 5.91 Å². The third kappa shape index (κ3) is 4.75. The van der Waals surface area contributed by atoms with E-state index >= 15 is 0 Å². The molecule has 0 atom stereocenters. The predicted octanol–water partition coefficient (Wildman–Crippen LogP) is 3.36. The molecule has 2 aromatic carbocycles. The Balaban J connectivity index is 1.77. The normalized spacial score (nSPS) is 10.3. The number of carbonyl (C=O) groups excluding carboxylic acids is 1. The van der Waals surface area contributed by atoms with E-state index in [0.717, 1.165) is 28.2 Å². The van der Waals surface area contributed by atoms with Gasteiger partial charge in [0.05, 0.1) is 20.1 Å². The van der Waals surface area contributed by atoms with Crippen LogP contribution in [0.2, 0.25) is 0 Å². The van der Waals surface area contributed by atoms with Gasteiger partial charge in [-0.05, 0) is 55.2 Å². The highest BCUT2D eigenvalue weighted by Crippen LogP contribution is 2.20. The number of benzene rings is 2. The topological polar surface area (TPSA) is 47.6 Å². The molecule has 2 rings (SSSR count). The monoisotopic (exact) mass is 327 g/mol.